The van der Waals surface area contributed by atoms with E-state index in [0.29, 0.717) is 81.4 Å². The average Bonchev–Trinajstić information content (AvgIpc) is 3.07. The molecule has 1 aliphatic heterocycles. The normalized spacial score (nSPS) is 16.5. The minimum absolute atomic E-state index is 0.114. The first kappa shape index (κ1) is 31.6. The number of hydrogen-bond acceptors (Lipinski definition) is 10. The van der Waals surface area contributed by atoms with Gasteiger partial charge < -0.3 is 25.2 Å². The Hall–Kier alpha value is -4.33. The van der Waals surface area contributed by atoms with E-state index < -0.39 is 17.4 Å². The molecule has 1 fully saturated rings. The SMILES string of the molecule is COc1nc(-c2cccc(-c3cccc(Nc4nccc5c4c(=O)n(C)c(=O)n5C)c3Cl)c2Cl)cnc1CN[C@@H]1CCOC[C@@H]1O. The largest absolute Gasteiger partial charge is 0.480 e. The molecule has 2 aromatic carbocycles. The summed E-state index contributed by atoms with van der Waals surface area (Å²) in [6.45, 7) is 1.23. The Kier molecular flexibility index (Phi) is 9.07. The van der Waals surface area contributed by atoms with E-state index >= 15 is 0 Å². The van der Waals surface area contributed by atoms with E-state index in [-0.39, 0.29) is 17.2 Å². The lowest BCUT2D eigenvalue weighted by molar-refractivity contribution is -0.0281. The summed E-state index contributed by atoms with van der Waals surface area (Å²) in [7, 11) is 4.54. The molecule has 3 N–H and O–H groups in total. The maximum Gasteiger partial charge on any atom is 0.330 e. The van der Waals surface area contributed by atoms with Crippen LogP contribution in [0.4, 0.5) is 11.5 Å². The second-order valence-corrected chi connectivity index (χ2v) is 11.6. The van der Waals surface area contributed by atoms with Crippen LogP contribution in [-0.4, -0.2) is 61.7 Å². The van der Waals surface area contributed by atoms with Crippen molar-refractivity contribution < 1.29 is 14.6 Å². The van der Waals surface area contributed by atoms with Crippen molar-refractivity contribution in [1.29, 1.82) is 0 Å². The van der Waals surface area contributed by atoms with Crippen LogP contribution >= 0.6 is 23.2 Å². The molecule has 6 rings (SSSR count). The quantitative estimate of drug-likeness (QED) is 0.222. The van der Waals surface area contributed by atoms with Crippen molar-refractivity contribution in [1.82, 2.24) is 29.4 Å². The standard InChI is InChI=1S/C32H31Cl2N7O5/c1-40-24-10-12-35-29(26(24)31(43)41(2)32(40)44)38-21-9-5-7-18(28(21)34)17-6-4-8-19(27(17)33)22-14-37-23(30(39-22)45-3)15-36-20-11-13-46-16-25(20)42/h4-10,12,14,20,25,36,42H,11,13,15-16H2,1-3H3,(H,35,38)/t20-,25+/m1/s1. The van der Waals surface area contributed by atoms with Crippen LogP contribution in [-0.2, 0) is 25.4 Å². The predicted molar refractivity (Wildman–Crippen MR) is 177 cm³/mol. The number of aryl methyl sites for hydroxylation is 1. The van der Waals surface area contributed by atoms with Gasteiger partial charge in [0, 0.05) is 56.2 Å². The molecule has 5 aromatic rings. The first-order valence-corrected chi connectivity index (χ1v) is 15.2. The van der Waals surface area contributed by atoms with E-state index in [9.17, 15) is 14.7 Å². The maximum absolute atomic E-state index is 13.1. The van der Waals surface area contributed by atoms with Crippen LogP contribution in [0.3, 0.4) is 0 Å². The van der Waals surface area contributed by atoms with Crippen molar-refractivity contribution in [3.8, 4) is 28.3 Å². The van der Waals surface area contributed by atoms with Crippen LogP contribution in [0, 0.1) is 0 Å². The van der Waals surface area contributed by atoms with Gasteiger partial charge in [0.05, 0.1) is 53.0 Å². The summed E-state index contributed by atoms with van der Waals surface area (Å²) in [4.78, 5) is 39.2. The Morgan fingerprint density at radius 1 is 1.02 bits per heavy atom. The number of aliphatic hydroxyl groups excluding tert-OH is 1. The molecular weight excluding hydrogens is 633 g/mol. The molecule has 3 aromatic heterocycles. The topological polar surface area (TPSA) is 145 Å². The van der Waals surface area contributed by atoms with Gasteiger partial charge in [-0.1, -0.05) is 53.5 Å². The van der Waals surface area contributed by atoms with Gasteiger partial charge in [0.15, 0.2) is 0 Å². The van der Waals surface area contributed by atoms with Gasteiger partial charge in [-0.25, -0.2) is 14.8 Å². The van der Waals surface area contributed by atoms with Crippen LogP contribution in [0.5, 0.6) is 5.88 Å². The molecule has 238 valence electrons. The van der Waals surface area contributed by atoms with E-state index in [1.165, 1.54) is 24.9 Å². The number of fused-ring (bicyclic) bond motifs is 1. The Balaban J connectivity index is 1.32. The van der Waals surface area contributed by atoms with Crippen molar-refractivity contribution in [2.24, 2.45) is 14.1 Å². The monoisotopic (exact) mass is 663 g/mol. The fraction of sp³-hybridized carbons (Fsp3) is 0.281. The third-order valence-corrected chi connectivity index (χ3v) is 8.88. The van der Waals surface area contributed by atoms with Crippen LogP contribution in [0.15, 0.2) is 64.4 Å². The maximum atomic E-state index is 13.1. The molecule has 0 saturated carbocycles. The molecule has 46 heavy (non-hydrogen) atoms. The van der Waals surface area contributed by atoms with Crippen LogP contribution in [0.2, 0.25) is 10.0 Å². The Morgan fingerprint density at radius 3 is 2.52 bits per heavy atom. The molecule has 0 bridgehead atoms. The minimum atomic E-state index is -0.597. The number of rotatable bonds is 8. The van der Waals surface area contributed by atoms with E-state index in [1.807, 2.05) is 30.3 Å². The molecule has 4 heterocycles. The number of halogens is 2. The van der Waals surface area contributed by atoms with E-state index in [1.54, 1.807) is 25.4 Å². The zero-order valence-electron chi connectivity index (χ0n) is 25.3. The van der Waals surface area contributed by atoms with Gasteiger partial charge >= 0.3 is 5.69 Å². The summed E-state index contributed by atoms with van der Waals surface area (Å²) in [5.74, 6) is 0.597. The number of nitrogens with one attached hydrogen (secondary N) is 2. The van der Waals surface area contributed by atoms with E-state index in [4.69, 9.17) is 32.7 Å². The molecule has 0 unspecified atom stereocenters. The van der Waals surface area contributed by atoms with Crippen LogP contribution in [0.25, 0.3) is 33.3 Å². The summed E-state index contributed by atoms with van der Waals surface area (Å²) in [6.07, 6.45) is 3.24. The first-order valence-electron chi connectivity index (χ1n) is 14.5. The number of nitrogens with zero attached hydrogens (tertiary/aromatic N) is 5. The molecule has 0 aliphatic carbocycles. The van der Waals surface area contributed by atoms with Crippen molar-refractivity contribution >= 4 is 45.6 Å². The van der Waals surface area contributed by atoms with Gasteiger partial charge in [-0.15, -0.1) is 0 Å². The van der Waals surface area contributed by atoms with Gasteiger partial charge in [0.1, 0.15) is 16.9 Å². The van der Waals surface area contributed by atoms with Crippen molar-refractivity contribution in [3.63, 3.8) is 0 Å². The highest BCUT2D eigenvalue weighted by Gasteiger charge is 2.24. The lowest BCUT2D eigenvalue weighted by Crippen LogP contribution is -2.46. The molecule has 0 amide bonds. The smallest absolute Gasteiger partial charge is 0.330 e. The highest BCUT2D eigenvalue weighted by atomic mass is 35.5. The number of benzene rings is 2. The highest BCUT2D eigenvalue weighted by Crippen LogP contribution is 2.42. The third kappa shape index (κ3) is 5.85. The summed E-state index contributed by atoms with van der Waals surface area (Å²) < 4.78 is 13.3. The summed E-state index contributed by atoms with van der Waals surface area (Å²) in [5, 5.41) is 17.7. The number of pyridine rings is 1. The van der Waals surface area contributed by atoms with Crippen molar-refractivity contribution in [3.05, 3.63) is 91.4 Å². The zero-order chi connectivity index (χ0) is 32.5. The van der Waals surface area contributed by atoms with Crippen LogP contribution < -0.4 is 26.6 Å². The number of hydrogen-bond donors (Lipinski definition) is 3. The molecule has 2 atom stereocenters. The summed E-state index contributed by atoms with van der Waals surface area (Å²) in [5.41, 5.74) is 3.02. The molecule has 14 heteroatoms. The van der Waals surface area contributed by atoms with Gasteiger partial charge in [0.2, 0.25) is 5.88 Å². The number of aliphatic hydroxyl groups is 1. The molecule has 0 spiro atoms. The Labute approximate surface area is 273 Å². The Bertz CT molecular complexity index is 2070. The fourth-order valence-corrected chi connectivity index (χ4v) is 6.12. The number of anilines is 2. The van der Waals surface area contributed by atoms with Gasteiger partial charge in [-0.05, 0) is 18.6 Å². The fourth-order valence-electron chi connectivity index (χ4n) is 5.52. The zero-order valence-corrected chi connectivity index (χ0v) is 26.8. The van der Waals surface area contributed by atoms with Gasteiger partial charge in [-0.3, -0.25) is 18.9 Å². The molecule has 0 radical (unpaired) electrons. The second kappa shape index (κ2) is 13.2. The van der Waals surface area contributed by atoms with Crippen LogP contribution in [0.1, 0.15) is 12.1 Å². The van der Waals surface area contributed by atoms with E-state index in [0.717, 1.165) is 4.57 Å². The highest BCUT2D eigenvalue weighted by molar-refractivity contribution is 6.39. The lowest BCUT2D eigenvalue weighted by atomic mass is 10.0. The lowest BCUT2D eigenvalue weighted by Gasteiger charge is -2.28. The predicted octanol–water partition coefficient (Wildman–Crippen LogP) is 4.05. The minimum Gasteiger partial charge on any atom is -0.480 e. The van der Waals surface area contributed by atoms with E-state index in [2.05, 4.69) is 25.6 Å². The van der Waals surface area contributed by atoms with Crippen molar-refractivity contribution in [2.45, 2.75) is 25.1 Å². The molecule has 1 aliphatic rings. The first-order chi connectivity index (χ1) is 22.2. The third-order valence-electron chi connectivity index (χ3n) is 8.06. The average molecular weight is 665 g/mol. The van der Waals surface area contributed by atoms with Gasteiger partial charge in [0.25, 0.3) is 5.56 Å². The number of aromatic nitrogens is 5. The molecular formula is C32H31Cl2N7O5. The summed E-state index contributed by atoms with van der Waals surface area (Å²) >= 11 is 13.9. The number of ether oxygens (including phenoxy) is 2. The summed E-state index contributed by atoms with van der Waals surface area (Å²) in [6, 6.07) is 12.4. The molecule has 1 saturated heterocycles. The van der Waals surface area contributed by atoms with Gasteiger partial charge in [-0.2, -0.15) is 0 Å². The molecule has 12 nitrogen and oxygen atoms in total. The number of methoxy groups -OCH3 is 1. The second-order valence-electron chi connectivity index (χ2n) is 10.8. The van der Waals surface area contributed by atoms with Crippen molar-refractivity contribution in [2.75, 3.05) is 25.6 Å². The Morgan fingerprint density at radius 2 is 1.76 bits per heavy atom.